The second kappa shape index (κ2) is 13.6. The number of aryl methyl sites for hydroxylation is 3. The second-order valence-electron chi connectivity index (χ2n) is 11.4. The van der Waals surface area contributed by atoms with Gasteiger partial charge in [0.15, 0.2) is 0 Å². The third-order valence-corrected chi connectivity index (χ3v) is 9.03. The van der Waals surface area contributed by atoms with Gasteiger partial charge >= 0.3 is 19.5 Å². The minimum atomic E-state index is 0. The maximum atomic E-state index is 5.13. The Morgan fingerprint density at radius 3 is 2.13 bits per heavy atom. The van der Waals surface area contributed by atoms with Crippen molar-refractivity contribution in [1.82, 2.24) is 9.97 Å². The summed E-state index contributed by atoms with van der Waals surface area (Å²) in [6, 6.07) is 21.2. The van der Waals surface area contributed by atoms with Gasteiger partial charge in [0.05, 0.1) is 23.7 Å². The fraction of sp³-hybridized carbons (Fsp3) is 0.179. The Balaban J connectivity index is 0.00000400. The van der Waals surface area contributed by atoms with Gasteiger partial charge in [0.1, 0.15) is 0 Å². The van der Waals surface area contributed by atoms with E-state index in [-0.39, 0.29) is 19.5 Å². The van der Waals surface area contributed by atoms with Crippen LogP contribution in [0, 0.1) is 20.8 Å². The standard InChI is InChI=1S/C39H36N4S.Zn/c1-23-21-24(2)38(25(3)22-23)39(36-9-8-20-40-36)37-19-18-35(43-37)28(6)34-17-16-33(42-34)27(5)32-15-14-31(41-32)26(4)29-10-12-30(44-7)13-11-29;/h8-19,21-22H,4,20H2,1-3,5-7H3;/q-2;+2/b33-27-,35-28-,39-37+;. The van der Waals surface area contributed by atoms with E-state index >= 15 is 0 Å². The van der Waals surface area contributed by atoms with Crippen molar-refractivity contribution >= 4 is 45.5 Å². The van der Waals surface area contributed by atoms with E-state index in [0.29, 0.717) is 6.54 Å². The molecule has 6 rings (SSSR count). The first-order valence-corrected chi connectivity index (χ1v) is 16.1. The van der Waals surface area contributed by atoms with Crippen LogP contribution in [-0.4, -0.2) is 24.2 Å². The molecule has 2 aromatic heterocycles. The van der Waals surface area contributed by atoms with Crippen LogP contribution in [0.25, 0.3) is 22.3 Å². The van der Waals surface area contributed by atoms with Gasteiger partial charge in [0, 0.05) is 4.90 Å². The number of aliphatic imine (C=N–C) groups is 2. The zero-order chi connectivity index (χ0) is 31.0. The number of thioether (sulfide) groups is 1. The summed E-state index contributed by atoms with van der Waals surface area (Å²) >= 11 is 1.73. The molecule has 2 aliphatic heterocycles. The summed E-state index contributed by atoms with van der Waals surface area (Å²) in [5, 5.41) is 1.85. The van der Waals surface area contributed by atoms with E-state index < -0.39 is 0 Å². The molecule has 0 spiro atoms. The number of aromatic nitrogens is 2. The van der Waals surface area contributed by atoms with Gasteiger partial charge in [-0.1, -0.05) is 66.7 Å². The van der Waals surface area contributed by atoms with Crippen LogP contribution in [0.15, 0.2) is 112 Å². The molecule has 0 saturated heterocycles. The van der Waals surface area contributed by atoms with Crippen LogP contribution in [0.2, 0.25) is 0 Å². The molecule has 0 bridgehead atoms. The van der Waals surface area contributed by atoms with Gasteiger partial charge in [-0.05, 0) is 116 Å². The van der Waals surface area contributed by atoms with Gasteiger partial charge in [0.25, 0.3) is 0 Å². The topological polar surface area (TPSA) is 52.9 Å². The van der Waals surface area contributed by atoms with Gasteiger partial charge in [-0.3, -0.25) is 4.99 Å². The quantitative estimate of drug-likeness (QED) is 0.157. The number of hydrogen-bond acceptors (Lipinski definition) is 3. The molecule has 45 heavy (non-hydrogen) atoms. The maximum absolute atomic E-state index is 5.13. The SMILES string of the molecule is C=C(c1ccc(SC)cc1)c1ccc(/C(C)=C2/C=CC(C(/C)=c3/cc/c(=C(/C4=NCC=C4)c4c(C)cc(C)cc4C)[n-]3)=N2)[n-]1.[Zn+2]. The summed E-state index contributed by atoms with van der Waals surface area (Å²) < 4.78 is 0. The molecule has 4 aromatic rings. The number of rotatable bonds is 7. The van der Waals surface area contributed by atoms with Crippen LogP contribution < -0.4 is 20.7 Å². The predicted octanol–water partition coefficient (Wildman–Crippen LogP) is 7.13. The third-order valence-electron chi connectivity index (χ3n) is 8.29. The summed E-state index contributed by atoms with van der Waals surface area (Å²) in [7, 11) is 0. The predicted molar refractivity (Wildman–Crippen MR) is 188 cm³/mol. The summed E-state index contributed by atoms with van der Waals surface area (Å²) in [6.07, 6.45) is 10.4. The Morgan fingerprint density at radius 1 is 0.778 bits per heavy atom. The minimum Gasteiger partial charge on any atom is -0.657 e. The molecule has 0 unspecified atom stereocenters. The van der Waals surface area contributed by atoms with E-state index in [9.17, 15) is 0 Å². The fourth-order valence-electron chi connectivity index (χ4n) is 5.92. The zero-order valence-electron chi connectivity index (χ0n) is 26.9. The Bertz CT molecular complexity index is 2050. The normalized spacial score (nSPS) is 16.3. The summed E-state index contributed by atoms with van der Waals surface area (Å²) in [4.78, 5) is 21.1. The summed E-state index contributed by atoms with van der Waals surface area (Å²) in [5.74, 6) is 0. The molecule has 220 valence electrons. The number of benzene rings is 2. The Morgan fingerprint density at radius 2 is 1.47 bits per heavy atom. The zero-order valence-corrected chi connectivity index (χ0v) is 30.7. The molecule has 0 amide bonds. The Kier molecular flexibility index (Phi) is 9.77. The minimum absolute atomic E-state index is 0. The van der Waals surface area contributed by atoms with Crippen molar-refractivity contribution in [2.45, 2.75) is 39.5 Å². The summed E-state index contributed by atoms with van der Waals surface area (Å²) in [5.41, 5.74) is 14.7. The molecule has 2 aromatic carbocycles. The number of nitrogens with zero attached hydrogens (tertiary/aromatic N) is 4. The van der Waals surface area contributed by atoms with Crippen molar-refractivity contribution in [2.75, 3.05) is 12.8 Å². The molecule has 0 fully saturated rings. The van der Waals surface area contributed by atoms with Gasteiger partial charge in [0.2, 0.25) is 0 Å². The molecule has 6 heteroatoms. The molecule has 2 aliphatic rings. The second-order valence-corrected chi connectivity index (χ2v) is 12.3. The molecule has 0 radical (unpaired) electrons. The van der Waals surface area contributed by atoms with Crippen LogP contribution >= 0.6 is 11.8 Å². The number of hydrogen-bond donors (Lipinski definition) is 0. The summed E-state index contributed by atoms with van der Waals surface area (Å²) in [6.45, 7) is 15.7. The Labute approximate surface area is 283 Å². The van der Waals surface area contributed by atoms with Crippen molar-refractivity contribution in [3.8, 4) is 0 Å². The van der Waals surface area contributed by atoms with Gasteiger partial charge in [-0.15, -0.1) is 33.8 Å². The van der Waals surface area contributed by atoms with Crippen LogP contribution in [0.1, 0.15) is 53.1 Å². The van der Waals surface area contributed by atoms with E-state index in [1.807, 2.05) is 6.07 Å². The van der Waals surface area contributed by atoms with Crippen LogP contribution in [0.3, 0.4) is 0 Å². The van der Waals surface area contributed by atoms with Crippen molar-refractivity contribution < 1.29 is 19.5 Å². The monoisotopic (exact) mass is 656 g/mol. The molecule has 4 heterocycles. The molecule has 0 aliphatic carbocycles. The van der Waals surface area contributed by atoms with Gasteiger partial charge < -0.3 is 9.97 Å². The largest absolute Gasteiger partial charge is 2.00 e. The van der Waals surface area contributed by atoms with Crippen LogP contribution in [0.5, 0.6) is 0 Å². The van der Waals surface area contributed by atoms with Crippen molar-refractivity contribution in [3.63, 3.8) is 0 Å². The number of allylic oxidation sites excluding steroid dienone is 4. The van der Waals surface area contributed by atoms with E-state index in [1.54, 1.807) is 11.8 Å². The van der Waals surface area contributed by atoms with Crippen molar-refractivity contribution in [3.05, 3.63) is 147 Å². The third kappa shape index (κ3) is 6.54. The van der Waals surface area contributed by atoms with Crippen LogP contribution in [-0.2, 0) is 19.5 Å². The maximum Gasteiger partial charge on any atom is 2.00 e. The average Bonchev–Trinajstić information content (AvgIpc) is 3.85. The molecular weight excluding hydrogens is 622 g/mol. The average molecular weight is 658 g/mol. The fourth-order valence-corrected chi connectivity index (χ4v) is 6.33. The van der Waals surface area contributed by atoms with Gasteiger partial charge in [-0.2, -0.15) is 0 Å². The Hall–Kier alpha value is -3.99. The first-order valence-electron chi connectivity index (χ1n) is 14.8. The molecule has 4 nitrogen and oxygen atoms in total. The van der Waals surface area contributed by atoms with E-state index in [1.165, 1.54) is 27.1 Å². The first kappa shape index (κ1) is 32.4. The van der Waals surface area contributed by atoms with E-state index in [0.717, 1.165) is 67.1 Å². The van der Waals surface area contributed by atoms with E-state index in [2.05, 4.69) is 126 Å². The van der Waals surface area contributed by atoms with Gasteiger partial charge in [-0.25, -0.2) is 4.99 Å². The molecular formula is C39H36N4SZn. The first-order chi connectivity index (χ1) is 21.2. The smallest absolute Gasteiger partial charge is 0.657 e. The van der Waals surface area contributed by atoms with Crippen molar-refractivity contribution in [1.29, 1.82) is 0 Å². The van der Waals surface area contributed by atoms with E-state index in [4.69, 9.17) is 20.0 Å². The van der Waals surface area contributed by atoms with Crippen molar-refractivity contribution in [2.24, 2.45) is 9.98 Å². The molecule has 0 atom stereocenters. The van der Waals surface area contributed by atoms with Crippen LogP contribution in [0.4, 0.5) is 0 Å². The molecule has 0 saturated carbocycles. The molecule has 0 N–H and O–H groups in total.